The van der Waals surface area contributed by atoms with Crippen LogP contribution in [0.1, 0.15) is 132 Å². The highest BCUT2D eigenvalue weighted by molar-refractivity contribution is 6.17. The zero-order valence-electron chi connectivity index (χ0n) is 69.3. The molecule has 0 fully saturated rings. The molecule has 2 heterocycles. The summed E-state index contributed by atoms with van der Waals surface area (Å²) in [5, 5.41) is 26.7. The lowest BCUT2D eigenvalue weighted by atomic mass is 9.77. The third kappa shape index (κ3) is 36.3. The van der Waals surface area contributed by atoms with Crippen molar-refractivity contribution in [3.05, 3.63) is 180 Å². The zero-order valence-corrected chi connectivity index (χ0v) is 70.0. The number of methoxy groups -OCH3 is 4. The molecule has 0 bridgehead atoms. The van der Waals surface area contributed by atoms with E-state index in [2.05, 4.69) is 46.8 Å². The van der Waals surface area contributed by atoms with Gasteiger partial charge in [0.25, 0.3) is 11.8 Å². The van der Waals surface area contributed by atoms with Crippen molar-refractivity contribution in [1.82, 2.24) is 52.1 Å². The fraction of sp³-hybridized carbons (Fsp3) is 0.512. The van der Waals surface area contributed by atoms with Crippen LogP contribution in [0.5, 0.6) is 0 Å². The number of alkyl halides is 1. The highest BCUT2D eigenvalue weighted by atomic mass is 35.5. The molecule has 113 heavy (non-hydrogen) atoms. The maximum Gasteiger partial charge on any atom is 0.407 e. The number of nitrogens with one attached hydrogen (secondary N) is 6. The topological polar surface area (TPSA) is 326 Å². The number of alkyl carbamates (subject to hydrolysis) is 2. The van der Waals surface area contributed by atoms with Crippen LogP contribution in [0.2, 0.25) is 0 Å². The molecule has 0 saturated heterocycles. The minimum absolute atomic E-state index is 0.0710. The second-order valence-electron chi connectivity index (χ2n) is 32.0. The molecule has 2 unspecified atom stereocenters. The van der Waals surface area contributed by atoms with Crippen molar-refractivity contribution in [3.63, 3.8) is 0 Å². The number of benzene rings is 4. The summed E-state index contributed by atoms with van der Waals surface area (Å²) in [5.74, 6) is -2.99. The van der Waals surface area contributed by atoms with Crippen molar-refractivity contribution < 1.29 is 76.6 Å². The smallest absolute Gasteiger partial charge is 0.407 e. The molecule has 0 aliphatic carbocycles. The molecule has 4 aromatic carbocycles. The maximum absolute atomic E-state index is 14.2. The monoisotopic (exact) mass is 1590 g/mol. The minimum atomic E-state index is -1.16. The SMILES string of the molecule is COC(=O)N[C@@H](C(=O)NN(Cc1ccc(-c2ccccn2)cc1)C[C@H](O)C(Cc1ccccc1)NC(=O)[C@H](CC(C)=O)C(C)(C)C)C(C)(C)C.COCCOCCl.COCCOCO[C@@H](CN(Cc1ccc(-c2ccccn2)cc1)NC(=O)[C@H](NC(=O)OC)C(C)(C)C)C(Cc1ccccc1)NC(=O)[C@H](CC(C)=O)C(C)(C)C. The number of pyridine rings is 2. The Hall–Kier alpha value is -9.09. The van der Waals surface area contributed by atoms with Crippen molar-refractivity contribution in [3.8, 4) is 22.5 Å². The second-order valence-corrected chi connectivity index (χ2v) is 32.2. The van der Waals surface area contributed by atoms with Gasteiger partial charge in [-0.15, -0.1) is 0 Å². The van der Waals surface area contributed by atoms with Gasteiger partial charge in [0.1, 0.15) is 36.5 Å². The molecule has 2 aromatic heterocycles. The molecule has 0 aliphatic rings. The van der Waals surface area contributed by atoms with Gasteiger partial charge in [0.15, 0.2) is 0 Å². The molecule has 0 saturated carbocycles. The van der Waals surface area contributed by atoms with Gasteiger partial charge in [0.05, 0.1) is 76.3 Å². The second kappa shape index (κ2) is 48.9. The summed E-state index contributed by atoms with van der Waals surface area (Å²) in [5.41, 5.74) is 10.6. The Morgan fingerprint density at radius 2 is 0.823 bits per heavy atom. The fourth-order valence-electron chi connectivity index (χ4n) is 11.9. The Morgan fingerprint density at radius 3 is 1.18 bits per heavy atom. The molecular formula is C86H123ClN10O16. The van der Waals surface area contributed by atoms with Gasteiger partial charge in [0.2, 0.25) is 11.8 Å². The van der Waals surface area contributed by atoms with Crippen molar-refractivity contribution in [2.75, 3.05) is 80.8 Å². The zero-order chi connectivity index (χ0) is 83.9. The van der Waals surface area contributed by atoms with Crippen LogP contribution < -0.4 is 32.1 Å². The van der Waals surface area contributed by atoms with Gasteiger partial charge in [-0.05, 0) is 94.9 Å². The third-order valence-corrected chi connectivity index (χ3v) is 18.4. The predicted octanol–water partition coefficient (Wildman–Crippen LogP) is 11.7. The summed E-state index contributed by atoms with van der Waals surface area (Å²) in [6.45, 7) is 27.6. The number of hydrazine groups is 2. The molecule has 26 nitrogen and oxygen atoms in total. The summed E-state index contributed by atoms with van der Waals surface area (Å²) < 4.78 is 36.4. The maximum atomic E-state index is 14.2. The van der Waals surface area contributed by atoms with Crippen molar-refractivity contribution in [1.29, 1.82) is 0 Å². The molecule has 620 valence electrons. The van der Waals surface area contributed by atoms with E-state index in [0.29, 0.717) is 32.7 Å². The van der Waals surface area contributed by atoms with Crippen LogP contribution in [-0.2, 0) is 87.9 Å². The predicted molar refractivity (Wildman–Crippen MR) is 437 cm³/mol. The largest absolute Gasteiger partial charge is 0.453 e. The summed E-state index contributed by atoms with van der Waals surface area (Å²) in [6.07, 6.45) is 0.894. The van der Waals surface area contributed by atoms with Crippen LogP contribution in [-0.4, -0.2) is 190 Å². The Labute approximate surface area is 673 Å². The van der Waals surface area contributed by atoms with Gasteiger partial charge in [-0.25, -0.2) is 19.6 Å². The number of aliphatic hydroxyl groups is 1. The van der Waals surface area contributed by atoms with E-state index in [4.69, 9.17) is 40.0 Å². The number of rotatable bonds is 40. The molecule has 0 aliphatic heterocycles. The lowest BCUT2D eigenvalue weighted by Crippen LogP contribution is -2.60. The van der Waals surface area contributed by atoms with E-state index in [-0.39, 0.29) is 81.9 Å². The number of hydrogen-bond donors (Lipinski definition) is 7. The summed E-state index contributed by atoms with van der Waals surface area (Å²) in [6, 6.07) is 43.1. The molecular weight excluding hydrogens is 1460 g/mol. The number of amides is 6. The van der Waals surface area contributed by atoms with E-state index in [0.717, 1.165) is 44.8 Å². The van der Waals surface area contributed by atoms with Crippen LogP contribution in [0.4, 0.5) is 9.59 Å². The Bertz CT molecular complexity index is 3800. The Kier molecular flexibility index (Phi) is 41.6. The standard InChI is InChI=1S/C43H61N5O8.C39H53N5O6.C4H9ClO2/c1-30(49)25-34(42(2,3)4)39(50)45-36(26-31-15-11-10-12-16-31)37(56-29-55-24-23-53-8)28-48(47-40(51)38(43(5,6)7)46-41(52)54-9)27-32-18-20-33(21-19-32)35-17-13-14-22-44-35;1-26(45)22-30(38(2,3)4)35(47)41-32(23-27-14-10-9-11-15-27)33(46)25-44(43-36(48)34(39(5,6)7)42-37(49)50-8)24-28-17-19-29(20-18-28)31-16-12-13-21-40-31;1-6-2-3-7-4-5/h10-22,34,36-38H,23-29H2,1-9H3,(H,45,50)(H,46,52)(H,47,51);9-21,30,32-34,46H,22-25H2,1-8H3,(H,41,47)(H,42,49)(H,43,48);2-4H2,1H3/t34-,36?,37-,38-;30-,32?,33-,34-;/m00./s1. The van der Waals surface area contributed by atoms with E-state index in [1.54, 1.807) is 36.6 Å². The third-order valence-electron chi connectivity index (χ3n) is 18.3. The molecule has 7 N–H and O–H groups in total. The van der Waals surface area contributed by atoms with Gasteiger partial charge >= 0.3 is 12.2 Å². The first-order valence-electron chi connectivity index (χ1n) is 37.9. The Balaban J connectivity index is 0.000000441. The van der Waals surface area contributed by atoms with Gasteiger partial charge in [-0.2, -0.15) is 0 Å². The van der Waals surface area contributed by atoms with Crippen molar-refractivity contribution >= 4 is 59.0 Å². The average molecular weight is 1590 g/mol. The highest BCUT2D eigenvalue weighted by Gasteiger charge is 2.40. The first kappa shape index (κ1) is 96.3. The van der Waals surface area contributed by atoms with E-state index in [9.17, 15) is 43.5 Å². The van der Waals surface area contributed by atoms with Crippen molar-refractivity contribution in [2.24, 2.45) is 33.5 Å². The number of ketones is 2. The molecule has 6 amide bonds. The molecule has 0 radical (unpaired) electrons. The minimum Gasteiger partial charge on any atom is -0.453 e. The summed E-state index contributed by atoms with van der Waals surface area (Å²) in [7, 11) is 5.67. The quantitative estimate of drug-likeness (QED) is 0.00813. The summed E-state index contributed by atoms with van der Waals surface area (Å²) in [4.78, 5) is 114. The number of carbonyl (C=O) groups is 8. The lowest BCUT2D eigenvalue weighted by molar-refractivity contribution is -0.141. The van der Waals surface area contributed by atoms with E-state index in [1.807, 2.05) is 229 Å². The van der Waals surface area contributed by atoms with Crippen LogP contribution >= 0.6 is 11.6 Å². The van der Waals surface area contributed by atoms with Crippen LogP contribution in [0.25, 0.3) is 22.5 Å². The van der Waals surface area contributed by atoms with Crippen LogP contribution in [0, 0.1) is 33.5 Å². The first-order chi connectivity index (χ1) is 53.4. The number of halogens is 1. The van der Waals surface area contributed by atoms with E-state index in [1.165, 1.54) is 28.1 Å². The molecule has 27 heteroatoms. The van der Waals surface area contributed by atoms with E-state index >= 15 is 0 Å². The van der Waals surface area contributed by atoms with Gasteiger partial charge in [-0.1, -0.05) is 216 Å². The molecule has 6 rings (SSSR count). The molecule has 8 atom stereocenters. The van der Waals surface area contributed by atoms with Gasteiger partial charge in [0, 0.05) is 88.6 Å². The number of Topliss-reactive ketones (excluding diaryl/α,β-unsaturated/α-hetero) is 2. The number of hydrogen-bond acceptors (Lipinski definition) is 20. The normalized spacial score (nSPS) is 13.8. The first-order valence-corrected chi connectivity index (χ1v) is 38.4. The van der Waals surface area contributed by atoms with E-state index < -0.39 is 93.9 Å². The number of aliphatic hydroxyl groups excluding tert-OH is 1. The number of aromatic nitrogens is 2. The number of nitrogens with zero attached hydrogens (tertiary/aromatic N) is 4. The fourth-order valence-corrected chi connectivity index (χ4v) is 12.0. The summed E-state index contributed by atoms with van der Waals surface area (Å²) >= 11 is 5.16. The lowest BCUT2D eigenvalue weighted by Gasteiger charge is -2.37. The van der Waals surface area contributed by atoms with Crippen LogP contribution in [0.3, 0.4) is 0 Å². The molecule has 6 aromatic rings. The number of ether oxygens (including phenoxy) is 7. The molecule has 0 spiro atoms. The van der Waals surface area contributed by atoms with Gasteiger partial charge in [-0.3, -0.25) is 40.0 Å². The van der Waals surface area contributed by atoms with Crippen molar-refractivity contribution in [2.45, 2.75) is 172 Å². The highest BCUT2D eigenvalue weighted by Crippen LogP contribution is 2.32. The average Bonchev–Trinajstić information content (AvgIpc) is 0.835. The number of carbonyl (C=O) groups excluding carboxylic acids is 8. The van der Waals surface area contributed by atoms with Crippen LogP contribution in [0.15, 0.2) is 158 Å². The Morgan fingerprint density at radius 1 is 0.442 bits per heavy atom. The van der Waals surface area contributed by atoms with Gasteiger partial charge < -0.3 is 69.1 Å².